The zero-order chi connectivity index (χ0) is 29.0. The lowest BCUT2D eigenvalue weighted by Crippen LogP contribution is -2.19. The molecule has 0 aliphatic carbocycles. The largest absolute Gasteiger partial charge is 0.465 e. The Morgan fingerprint density at radius 1 is 0.585 bits per heavy atom. The van der Waals surface area contributed by atoms with Crippen LogP contribution >= 0.6 is 0 Å². The van der Waals surface area contributed by atoms with E-state index in [1.807, 2.05) is 48.5 Å². The molecule has 4 nitrogen and oxygen atoms in total. The summed E-state index contributed by atoms with van der Waals surface area (Å²) >= 11 is 0. The number of hydrogen-bond acceptors (Lipinski definition) is 4. The molecule has 204 valence electrons. The minimum absolute atomic E-state index is 0.326. The van der Waals surface area contributed by atoms with E-state index in [0.29, 0.717) is 16.9 Å². The van der Waals surface area contributed by atoms with Gasteiger partial charge in [0.25, 0.3) is 0 Å². The van der Waals surface area contributed by atoms with Gasteiger partial charge in [-0.3, -0.25) is 0 Å². The zero-order valence-electron chi connectivity index (χ0n) is 23.7. The molecule has 0 aliphatic heterocycles. The molecular formula is C37H32O4. The molecule has 0 spiro atoms. The third kappa shape index (κ3) is 5.82. The Labute approximate surface area is 241 Å². The second-order valence-corrected chi connectivity index (χ2v) is 10.6. The molecule has 0 unspecified atom stereocenters. The maximum atomic E-state index is 13.1. The highest BCUT2D eigenvalue weighted by molar-refractivity contribution is 5.95. The third-order valence-corrected chi connectivity index (χ3v) is 7.57. The van der Waals surface area contributed by atoms with Crippen LogP contribution in [0.15, 0.2) is 121 Å². The topological polar surface area (TPSA) is 52.6 Å². The fourth-order valence-electron chi connectivity index (χ4n) is 4.98. The highest BCUT2D eigenvalue weighted by Gasteiger charge is 2.26. The number of aryl methyl sites for hydroxylation is 1. The molecular weight excluding hydrogens is 508 g/mol. The summed E-state index contributed by atoms with van der Waals surface area (Å²) < 4.78 is 10.7. The first-order chi connectivity index (χ1) is 19.8. The molecule has 0 saturated carbocycles. The second-order valence-electron chi connectivity index (χ2n) is 10.6. The van der Waals surface area contributed by atoms with E-state index in [9.17, 15) is 9.59 Å². The summed E-state index contributed by atoms with van der Waals surface area (Å²) in [4.78, 5) is 24.9. The number of ether oxygens (including phenoxy) is 2. The smallest absolute Gasteiger partial charge is 0.343 e. The van der Waals surface area contributed by atoms with E-state index < -0.39 is 11.9 Å². The van der Waals surface area contributed by atoms with Crippen LogP contribution in [0.4, 0.5) is 0 Å². The fraction of sp³-hybridized carbons (Fsp3) is 0.135. The van der Waals surface area contributed by atoms with Crippen molar-refractivity contribution < 1.29 is 19.1 Å². The van der Waals surface area contributed by atoms with Gasteiger partial charge in [-0.05, 0) is 76.7 Å². The van der Waals surface area contributed by atoms with E-state index in [2.05, 4.69) is 69.3 Å². The van der Waals surface area contributed by atoms with Crippen molar-refractivity contribution in [1.29, 1.82) is 0 Å². The van der Waals surface area contributed by atoms with Gasteiger partial charge in [-0.1, -0.05) is 98.8 Å². The van der Waals surface area contributed by atoms with E-state index in [1.165, 1.54) is 29.4 Å². The van der Waals surface area contributed by atoms with Gasteiger partial charge in [-0.25, -0.2) is 9.59 Å². The van der Waals surface area contributed by atoms with Gasteiger partial charge in [-0.2, -0.15) is 0 Å². The predicted molar refractivity (Wildman–Crippen MR) is 163 cm³/mol. The van der Waals surface area contributed by atoms with Gasteiger partial charge in [0.15, 0.2) is 0 Å². The van der Waals surface area contributed by atoms with Gasteiger partial charge in [0, 0.05) is 11.0 Å². The molecule has 0 aliphatic rings. The van der Waals surface area contributed by atoms with Crippen molar-refractivity contribution in [3.05, 3.63) is 149 Å². The average Bonchev–Trinajstić information content (AvgIpc) is 3.01. The van der Waals surface area contributed by atoms with E-state index >= 15 is 0 Å². The minimum Gasteiger partial charge on any atom is -0.465 e. The number of carbonyl (C=O) groups excluding carboxylic acids is 2. The molecule has 41 heavy (non-hydrogen) atoms. The molecule has 4 heteroatoms. The van der Waals surface area contributed by atoms with Crippen LogP contribution in [0.1, 0.15) is 51.3 Å². The zero-order valence-corrected chi connectivity index (χ0v) is 23.7. The van der Waals surface area contributed by atoms with Crippen molar-refractivity contribution in [3.63, 3.8) is 0 Å². The summed E-state index contributed by atoms with van der Waals surface area (Å²) in [6.45, 7) is 6.56. The summed E-state index contributed by atoms with van der Waals surface area (Å²) in [6.07, 6.45) is 0. The first-order valence-electron chi connectivity index (χ1n) is 13.5. The molecule has 0 fully saturated rings. The lowest BCUT2D eigenvalue weighted by molar-refractivity contribution is 0.0599. The van der Waals surface area contributed by atoms with Crippen LogP contribution in [0.3, 0.4) is 0 Å². The van der Waals surface area contributed by atoms with Crippen molar-refractivity contribution in [2.75, 3.05) is 7.11 Å². The van der Waals surface area contributed by atoms with Crippen molar-refractivity contribution in [1.82, 2.24) is 0 Å². The molecule has 5 aromatic carbocycles. The van der Waals surface area contributed by atoms with Gasteiger partial charge in [0.1, 0.15) is 5.75 Å². The van der Waals surface area contributed by atoms with E-state index in [4.69, 9.17) is 9.47 Å². The van der Waals surface area contributed by atoms with Gasteiger partial charge < -0.3 is 9.47 Å². The average molecular weight is 541 g/mol. The quantitative estimate of drug-likeness (QED) is 0.153. The lowest BCUT2D eigenvalue weighted by atomic mass is 9.76. The molecule has 0 amide bonds. The van der Waals surface area contributed by atoms with Crippen molar-refractivity contribution in [2.24, 2.45) is 0 Å². The number of hydrogen-bond donors (Lipinski definition) is 0. The first kappa shape index (κ1) is 27.6. The van der Waals surface area contributed by atoms with Crippen LogP contribution in [-0.4, -0.2) is 19.0 Å². The summed E-state index contributed by atoms with van der Waals surface area (Å²) in [5, 5.41) is 0. The Hall–Kier alpha value is -4.96. The fourth-order valence-corrected chi connectivity index (χ4v) is 4.98. The van der Waals surface area contributed by atoms with Crippen LogP contribution in [-0.2, 0) is 10.2 Å². The lowest BCUT2D eigenvalue weighted by Gasteiger charge is -2.28. The molecule has 0 heterocycles. The molecule has 0 atom stereocenters. The van der Waals surface area contributed by atoms with Gasteiger partial charge >= 0.3 is 11.9 Å². The van der Waals surface area contributed by atoms with E-state index in [-0.39, 0.29) is 5.41 Å². The third-order valence-electron chi connectivity index (χ3n) is 7.57. The SMILES string of the molecule is COC(=O)c1ccc(C(=O)Oc2ccc(C(C)(C)c3ccc(C)c(-c4ccccc4)c3)cc2-c2ccccc2)cc1. The summed E-state index contributed by atoms with van der Waals surface area (Å²) in [6, 6.07) is 39.2. The maximum Gasteiger partial charge on any atom is 0.343 e. The van der Waals surface area contributed by atoms with E-state index in [1.54, 1.807) is 24.3 Å². The summed E-state index contributed by atoms with van der Waals surface area (Å²) in [7, 11) is 1.32. The minimum atomic E-state index is -0.503. The molecule has 0 bridgehead atoms. The van der Waals surface area contributed by atoms with Crippen LogP contribution < -0.4 is 4.74 Å². The second kappa shape index (κ2) is 11.6. The number of rotatable bonds is 7. The van der Waals surface area contributed by atoms with Crippen LogP contribution in [0.5, 0.6) is 5.75 Å². The van der Waals surface area contributed by atoms with Crippen LogP contribution in [0, 0.1) is 6.92 Å². The normalized spacial score (nSPS) is 11.1. The standard InChI is InChI=1S/C37H32O4/c1-25-15-20-30(23-32(25)26-11-7-5-8-12-26)37(2,3)31-21-22-34(33(24-31)27-13-9-6-10-14-27)41-36(39)29-18-16-28(17-19-29)35(38)40-4/h5-24H,1-4H3. The Morgan fingerprint density at radius 2 is 1.07 bits per heavy atom. The molecule has 0 radical (unpaired) electrons. The van der Waals surface area contributed by atoms with Gasteiger partial charge in [-0.15, -0.1) is 0 Å². The Kier molecular flexibility index (Phi) is 7.84. The van der Waals surface area contributed by atoms with E-state index in [0.717, 1.165) is 16.7 Å². The Balaban J connectivity index is 1.51. The molecule has 5 rings (SSSR count). The van der Waals surface area contributed by atoms with Crippen molar-refractivity contribution in [2.45, 2.75) is 26.2 Å². The number of carbonyl (C=O) groups is 2. The monoisotopic (exact) mass is 540 g/mol. The number of esters is 2. The van der Waals surface area contributed by atoms with Gasteiger partial charge in [0.2, 0.25) is 0 Å². The Bertz CT molecular complexity index is 1690. The van der Waals surface area contributed by atoms with Crippen molar-refractivity contribution >= 4 is 11.9 Å². The predicted octanol–water partition coefficient (Wildman–Crippen LogP) is 8.66. The molecule has 5 aromatic rings. The Morgan fingerprint density at radius 3 is 1.63 bits per heavy atom. The highest BCUT2D eigenvalue weighted by Crippen LogP contribution is 2.39. The maximum absolute atomic E-state index is 13.1. The van der Waals surface area contributed by atoms with Gasteiger partial charge in [0.05, 0.1) is 18.2 Å². The summed E-state index contributed by atoms with van der Waals surface area (Å²) in [5.74, 6) is -0.498. The van der Waals surface area contributed by atoms with Crippen molar-refractivity contribution in [3.8, 4) is 28.0 Å². The number of methoxy groups -OCH3 is 1. The molecule has 0 saturated heterocycles. The highest BCUT2D eigenvalue weighted by atomic mass is 16.5. The van der Waals surface area contributed by atoms with Crippen LogP contribution in [0.2, 0.25) is 0 Å². The first-order valence-corrected chi connectivity index (χ1v) is 13.5. The van der Waals surface area contributed by atoms with Crippen LogP contribution in [0.25, 0.3) is 22.3 Å². The number of benzene rings is 5. The molecule has 0 N–H and O–H groups in total. The summed E-state index contributed by atoms with van der Waals surface area (Å²) in [5.41, 5.74) is 8.07. The molecule has 0 aromatic heterocycles.